The Morgan fingerprint density at radius 3 is 2.36 bits per heavy atom. The summed E-state index contributed by atoms with van der Waals surface area (Å²) in [6, 6.07) is 5.43. The van der Waals surface area contributed by atoms with Gasteiger partial charge in [-0.25, -0.2) is 4.79 Å². The Labute approximate surface area is 145 Å². The molecule has 0 radical (unpaired) electrons. The molecule has 25 heavy (non-hydrogen) atoms. The van der Waals surface area contributed by atoms with Crippen LogP contribution in [-0.2, 0) is 13.0 Å². The van der Waals surface area contributed by atoms with Gasteiger partial charge in [-0.15, -0.1) is 0 Å². The Balaban J connectivity index is 2.58. The van der Waals surface area contributed by atoms with Crippen LogP contribution in [0, 0.1) is 13.8 Å². The predicted octanol–water partition coefficient (Wildman–Crippen LogP) is 1.50. The maximum Gasteiger partial charge on any atom is 0.329 e. The molecule has 1 aromatic heterocycles. The van der Waals surface area contributed by atoms with Crippen LogP contribution in [0.5, 0.6) is 0 Å². The van der Waals surface area contributed by atoms with Crippen LogP contribution in [0.15, 0.2) is 39.9 Å². The van der Waals surface area contributed by atoms with Crippen LogP contribution >= 0.6 is 0 Å². The van der Waals surface area contributed by atoms with Crippen LogP contribution in [0.4, 0.5) is 0 Å². The highest BCUT2D eigenvalue weighted by atomic mass is 16.2. The number of carbonyl (C=O) groups is 1. The Morgan fingerprint density at radius 1 is 1.16 bits per heavy atom. The number of hydrogen-bond donors (Lipinski definition) is 2. The molecule has 1 aromatic carbocycles. The molecule has 0 aliphatic carbocycles. The minimum atomic E-state index is -0.641. The Hall–Kier alpha value is -2.73. The summed E-state index contributed by atoms with van der Waals surface area (Å²) in [5.41, 5.74) is 1.52. The van der Waals surface area contributed by atoms with Crippen LogP contribution in [-0.4, -0.2) is 27.0 Å². The van der Waals surface area contributed by atoms with E-state index in [0.717, 1.165) is 15.7 Å². The molecular weight excluding hydrogens is 320 g/mol. The number of ketones is 1. The van der Waals surface area contributed by atoms with E-state index in [4.69, 9.17) is 5.11 Å². The highest BCUT2D eigenvalue weighted by molar-refractivity contribution is 6.08. The van der Waals surface area contributed by atoms with E-state index in [-0.39, 0.29) is 30.2 Å². The third-order valence-corrected chi connectivity index (χ3v) is 3.91. The molecule has 0 bridgehead atoms. The Morgan fingerprint density at radius 2 is 1.80 bits per heavy atom. The molecule has 0 atom stereocenters. The molecule has 0 amide bonds. The van der Waals surface area contributed by atoms with Crippen LogP contribution in [0.25, 0.3) is 0 Å². The number of rotatable bonds is 6. The number of aryl methyl sites for hydroxylation is 2. The third kappa shape index (κ3) is 4.03. The van der Waals surface area contributed by atoms with Gasteiger partial charge < -0.3 is 10.1 Å². The number of hydrogen-bond acceptors (Lipinski definition) is 4. The molecule has 132 valence electrons. The number of aromatic amines is 1. The van der Waals surface area contributed by atoms with Gasteiger partial charge >= 0.3 is 5.69 Å². The molecule has 2 aromatic rings. The number of H-pyrrole nitrogens is 1. The van der Waals surface area contributed by atoms with E-state index < -0.39 is 11.2 Å². The van der Waals surface area contributed by atoms with Crippen molar-refractivity contribution < 1.29 is 9.90 Å². The zero-order valence-corrected chi connectivity index (χ0v) is 14.6. The van der Waals surface area contributed by atoms with Crippen molar-refractivity contribution in [2.24, 2.45) is 0 Å². The number of allylic oxidation sites excluding steroid dienone is 1. The number of nitrogens with zero attached hydrogens (tertiary/aromatic N) is 1. The van der Waals surface area contributed by atoms with Gasteiger partial charge in [0, 0.05) is 17.7 Å². The summed E-state index contributed by atoms with van der Waals surface area (Å²) in [7, 11) is 0. The minimum absolute atomic E-state index is 0.0414. The van der Waals surface area contributed by atoms with Gasteiger partial charge in [-0.3, -0.25) is 14.2 Å². The van der Waals surface area contributed by atoms with E-state index in [9.17, 15) is 14.4 Å². The van der Waals surface area contributed by atoms with E-state index in [2.05, 4.69) is 4.98 Å². The summed E-state index contributed by atoms with van der Waals surface area (Å²) < 4.78 is 1.02. The lowest BCUT2D eigenvalue weighted by Crippen LogP contribution is -2.39. The summed E-state index contributed by atoms with van der Waals surface area (Å²) >= 11 is 0. The van der Waals surface area contributed by atoms with Crippen molar-refractivity contribution >= 4 is 5.78 Å². The average Bonchev–Trinajstić information content (AvgIpc) is 2.56. The van der Waals surface area contributed by atoms with Crippen molar-refractivity contribution in [1.29, 1.82) is 0 Å². The molecule has 6 nitrogen and oxygen atoms in total. The number of benzene rings is 1. The molecule has 2 N–H and O–H groups in total. The minimum Gasteiger partial charge on any atom is -0.392 e. The smallest absolute Gasteiger partial charge is 0.329 e. The first-order chi connectivity index (χ1) is 11.9. The van der Waals surface area contributed by atoms with Crippen LogP contribution in [0.1, 0.15) is 39.7 Å². The highest BCUT2D eigenvalue weighted by Crippen LogP contribution is 2.14. The molecular formula is C19H22N2O4. The lowest BCUT2D eigenvalue weighted by Gasteiger charge is -2.10. The number of nitrogens with one attached hydrogen (secondary N) is 1. The molecule has 0 aliphatic rings. The summed E-state index contributed by atoms with van der Waals surface area (Å²) in [4.78, 5) is 40.3. The molecule has 0 unspecified atom stereocenters. The molecule has 0 spiro atoms. The molecule has 0 fully saturated rings. The van der Waals surface area contributed by atoms with Gasteiger partial charge in [-0.1, -0.05) is 36.3 Å². The molecule has 0 aliphatic heterocycles. The van der Waals surface area contributed by atoms with Crippen LogP contribution < -0.4 is 11.2 Å². The summed E-state index contributed by atoms with van der Waals surface area (Å²) in [5.74, 6) is -0.365. The first-order valence-electron chi connectivity index (χ1n) is 8.13. The zero-order valence-electron chi connectivity index (χ0n) is 14.6. The van der Waals surface area contributed by atoms with Gasteiger partial charge in [0.05, 0.1) is 12.3 Å². The van der Waals surface area contributed by atoms with Crippen molar-refractivity contribution in [3.63, 3.8) is 0 Å². The largest absolute Gasteiger partial charge is 0.392 e. The first kappa shape index (κ1) is 18.6. The normalized spacial score (nSPS) is 11.2. The number of aromatic nitrogens is 2. The van der Waals surface area contributed by atoms with E-state index >= 15 is 0 Å². The summed E-state index contributed by atoms with van der Waals surface area (Å²) in [6.45, 7) is 5.41. The molecule has 1 heterocycles. The SMILES string of the molecule is CCc1c(C(=O)c2cc(C)cc(C)c2)[nH]c(=O)n(C/C=C/CO)c1=O. The standard InChI is InChI=1S/C19H22N2O4/c1-4-15-16(17(23)14-10-12(2)9-13(3)11-14)20-19(25)21(18(15)24)7-5-6-8-22/h5-6,9-11,22H,4,7-8H2,1-3H3,(H,20,25)/b6-5+. The predicted molar refractivity (Wildman–Crippen MR) is 96.3 cm³/mol. The van der Waals surface area contributed by atoms with Crippen molar-refractivity contribution in [3.05, 3.63) is 79.1 Å². The zero-order chi connectivity index (χ0) is 18.6. The second-order valence-corrected chi connectivity index (χ2v) is 5.91. The maximum absolute atomic E-state index is 12.8. The number of carbonyl (C=O) groups excluding carboxylic acids is 1. The number of aliphatic hydroxyl groups excluding tert-OH is 1. The first-order valence-corrected chi connectivity index (χ1v) is 8.13. The monoisotopic (exact) mass is 342 g/mol. The van der Waals surface area contributed by atoms with E-state index in [1.54, 1.807) is 19.1 Å². The summed E-state index contributed by atoms with van der Waals surface area (Å²) in [6.07, 6.45) is 3.30. The molecule has 6 heteroatoms. The lowest BCUT2D eigenvalue weighted by molar-refractivity contribution is 0.103. The van der Waals surface area contributed by atoms with Crippen molar-refractivity contribution in [1.82, 2.24) is 9.55 Å². The van der Waals surface area contributed by atoms with Gasteiger partial charge in [0.25, 0.3) is 5.56 Å². The number of aliphatic hydroxyl groups is 1. The topological polar surface area (TPSA) is 92.2 Å². The fraction of sp³-hybridized carbons (Fsp3) is 0.316. The summed E-state index contributed by atoms with van der Waals surface area (Å²) in [5, 5.41) is 8.77. The molecule has 2 rings (SSSR count). The third-order valence-electron chi connectivity index (χ3n) is 3.91. The Bertz CT molecular complexity index is 915. The second kappa shape index (κ2) is 7.90. The van der Waals surface area contributed by atoms with Gasteiger partial charge in [0.15, 0.2) is 0 Å². The quantitative estimate of drug-likeness (QED) is 0.615. The van der Waals surface area contributed by atoms with E-state index in [0.29, 0.717) is 12.0 Å². The maximum atomic E-state index is 12.8. The fourth-order valence-corrected chi connectivity index (χ4v) is 2.80. The van der Waals surface area contributed by atoms with E-state index in [1.807, 2.05) is 19.9 Å². The van der Waals surface area contributed by atoms with Crippen LogP contribution in [0.2, 0.25) is 0 Å². The van der Waals surface area contributed by atoms with Crippen molar-refractivity contribution in [3.8, 4) is 0 Å². The van der Waals surface area contributed by atoms with Crippen molar-refractivity contribution in [2.45, 2.75) is 33.7 Å². The van der Waals surface area contributed by atoms with Gasteiger partial charge in [-0.05, 0) is 32.4 Å². The molecule has 0 saturated heterocycles. The van der Waals surface area contributed by atoms with Crippen LogP contribution in [0.3, 0.4) is 0 Å². The second-order valence-electron chi connectivity index (χ2n) is 5.91. The van der Waals surface area contributed by atoms with E-state index in [1.165, 1.54) is 12.2 Å². The average molecular weight is 342 g/mol. The lowest BCUT2D eigenvalue weighted by atomic mass is 9.99. The Kier molecular flexibility index (Phi) is 5.88. The highest BCUT2D eigenvalue weighted by Gasteiger charge is 2.19. The molecule has 0 saturated carbocycles. The fourth-order valence-electron chi connectivity index (χ4n) is 2.80. The van der Waals surface area contributed by atoms with Crippen molar-refractivity contribution in [2.75, 3.05) is 6.61 Å². The van der Waals surface area contributed by atoms with Gasteiger partial charge in [0.2, 0.25) is 5.78 Å². The van der Waals surface area contributed by atoms with Gasteiger partial charge in [0.1, 0.15) is 0 Å². The van der Waals surface area contributed by atoms with Gasteiger partial charge in [-0.2, -0.15) is 0 Å².